The molecule has 12 aromatic heterocycles. The summed E-state index contributed by atoms with van der Waals surface area (Å²) in [4.78, 5) is 7.71. The van der Waals surface area contributed by atoms with E-state index in [0.717, 1.165) is 5.75 Å². The third-order valence-corrected chi connectivity index (χ3v) is 50.9. The summed E-state index contributed by atoms with van der Waals surface area (Å²) in [5.74, 6) is 0.883. The van der Waals surface area contributed by atoms with Crippen LogP contribution in [0.3, 0.4) is 0 Å². The molecule has 0 spiro atoms. The standard InChI is InChI=1S/C20H25IN4.C20H23IN2.C18H13IN4.C18H19IN2O.C18H19IN2.C16H15IN2/c1-22(2)19-10-14-24(15-11-19)21(18-8-6-5-7-9-18)25-16-12-20(13-17-25)23(3)4;1-16-10-17(2)13-22(12-16)21(20-8-6-5-7-9-20)23-14-18(3)11-19(4)15-23;1-21-18-9-13-23(14-10-18)19(17-5-3-2-4-6-17)22-11-7-16(15-20)8-12-22;1-16-8-12-20(13-9-16)19(17-6-4-3-5-7-17)21-14-10-18(22-2)11-15-21;1-16-8-12-20(13-9-16)19(18-6-4-3-5-7-18)21-14-10-17(2)11-15-21;1-4-10-16(11-5-1)17(18-12-6-2-7-13-18)19-14-8-3-9-15-19/h5-17H,1-4H3;5-15H,1-4H3;2-14H;3-15H,1-2H3;3-15H,1-2H3;1-15H/q6*+2. The molecule has 0 aliphatic carbocycles. The summed E-state index contributed by atoms with van der Waals surface area (Å²) >= 11 is -10.8. The molecule has 0 saturated carbocycles. The zero-order valence-electron chi connectivity index (χ0n) is 76.9. The van der Waals surface area contributed by atoms with Crippen LogP contribution < -0.4 is 47.9 Å². The van der Waals surface area contributed by atoms with E-state index in [9.17, 15) is 0 Å². The SMILES string of the molecule is CN(C)c1cc[n+](I(c2ccccc2)[n+]2ccc(N(C)C)cc2)cc1.COc1cc[n+](I(c2ccccc2)[n+]2ccc(C)cc2)cc1.Cc1cc(C)c[n+](I(c2ccccc2)[n+]2cc(C)cc(C)c2)c1.Cc1cc[n+](I(c2ccccc2)[n+]2ccc(C)cc2)cc1.[C-]#[N+]c1cc[n+](I(c2ccccc2)[n+]2ccc(C#N)cc2)cc1.c1ccc(I([n+]2ccccc2)[n+]2ccccc2)cc1. The van der Waals surface area contributed by atoms with E-state index < -0.39 is 122 Å². The van der Waals surface area contributed by atoms with Gasteiger partial charge in [0.1, 0.15) is 0 Å². The third-order valence-electron chi connectivity index (χ3n) is 19.7. The Hall–Kier alpha value is -12.1. The van der Waals surface area contributed by atoms with E-state index in [1.165, 1.54) is 71.7 Å². The fourth-order valence-corrected chi connectivity index (χ4v) is 42.9. The topological polar surface area (TPSA) is 90.4 Å². The van der Waals surface area contributed by atoms with Crippen LogP contribution in [-0.4, -0.2) is 35.3 Å². The molecule has 6 aromatic carbocycles. The van der Waals surface area contributed by atoms with Gasteiger partial charge in [-0.2, -0.15) is 0 Å². The first-order valence-electron chi connectivity index (χ1n) is 43.0. The summed E-state index contributed by atoms with van der Waals surface area (Å²) in [5.41, 5.74) is 12.8. The number of aromatic nitrogens is 12. The number of pyridine rings is 12. The Morgan fingerprint density at radius 3 is 0.677 bits per heavy atom. The maximum atomic E-state index is 8.98. The summed E-state index contributed by atoms with van der Waals surface area (Å²) in [6.45, 7) is 22.2. The predicted molar refractivity (Wildman–Crippen MR) is 579 cm³/mol. The van der Waals surface area contributed by atoms with Crippen molar-refractivity contribution in [3.8, 4) is 11.8 Å². The van der Waals surface area contributed by atoms with E-state index in [-0.39, 0.29) is 0 Å². The van der Waals surface area contributed by atoms with Crippen molar-refractivity contribution in [2.75, 3.05) is 45.1 Å². The van der Waals surface area contributed by atoms with Gasteiger partial charge < -0.3 is 0 Å². The Bertz CT molecular complexity index is 6350. The zero-order chi connectivity index (χ0) is 93.2. The first-order valence-corrected chi connectivity index (χ1v) is 61.1. The molecule has 0 radical (unpaired) electrons. The molecule has 133 heavy (non-hydrogen) atoms. The van der Waals surface area contributed by atoms with Gasteiger partial charge >= 0.3 is 842 Å². The minimum atomic E-state index is -1.96. The van der Waals surface area contributed by atoms with Gasteiger partial charge in [0.25, 0.3) is 0 Å². The third kappa shape index (κ3) is 28.5. The summed E-state index contributed by atoms with van der Waals surface area (Å²) in [5, 5.41) is 8.98. The Labute approximate surface area is 832 Å². The van der Waals surface area contributed by atoms with E-state index in [0.29, 0.717) is 11.3 Å². The second-order valence-corrected chi connectivity index (χ2v) is 59.8. The van der Waals surface area contributed by atoms with Gasteiger partial charge in [-0.3, -0.25) is 0 Å². The average Bonchev–Trinajstić information content (AvgIpc) is 0.862. The van der Waals surface area contributed by atoms with Crippen molar-refractivity contribution in [1.29, 1.82) is 5.26 Å². The van der Waals surface area contributed by atoms with E-state index >= 15 is 0 Å². The van der Waals surface area contributed by atoms with Crippen LogP contribution in [0.1, 0.15) is 44.5 Å². The molecule has 0 fully saturated rings. The zero-order valence-corrected chi connectivity index (χ0v) is 89.8. The van der Waals surface area contributed by atoms with E-state index in [1.807, 2.05) is 79.4 Å². The number of hydrogen-bond acceptors (Lipinski definition) is 4. The van der Waals surface area contributed by atoms with Gasteiger partial charge in [0.2, 0.25) is 0 Å². The van der Waals surface area contributed by atoms with Crippen molar-refractivity contribution in [3.05, 3.63) is 554 Å². The number of aryl methyl sites for hydroxylation is 7. The van der Waals surface area contributed by atoms with Crippen molar-refractivity contribution in [3.63, 3.8) is 0 Å². The Morgan fingerprint density at radius 2 is 0.451 bits per heavy atom. The molecule has 17 nitrogen and oxygen atoms in total. The molecule has 0 bridgehead atoms. The van der Waals surface area contributed by atoms with Crippen LogP contribution in [0.15, 0.2) is 476 Å². The quantitative estimate of drug-likeness (QED) is 0.0529. The number of anilines is 2. The van der Waals surface area contributed by atoms with Crippen LogP contribution in [0.25, 0.3) is 4.85 Å². The molecule has 0 unspecified atom stereocenters. The first kappa shape index (κ1) is 98.4. The molecule has 0 saturated heterocycles. The van der Waals surface area contributed by atoms with Crippen molar-refractivity contribution >= 4 is 139 Å². The number of hydrogen-bond donors (Lipinski definition) is 0. The second kappa shape index (κ2) is 50.7. The number of benzene rings is 6. The summed E-state index contributed by atoms with van der Waals surface area (Å²) in [7, 11) is 9.98. The van der Waals surface area contributed by atoms with E-state index in [1.54, 1.807) is 7.11 Å². The fraction of sp³-hybridized carbons (Fsp3) is 0.109. The Kier molecular flexibility index (Phi) is 37.5. The average molecular weight is 2440 g/mol. The van der Waals surface area contributed by atoms with Gasteiger partial charge in [-0.05, 0) is 0 Å². The number of methoxy groups -OCH3 is 1. The summed E-state index contributed by atoms with van der Waals surface area (Å²) in [6, 6.07) is 117. The van der Waals surface area contributed by atoms with Gasteiger partial charge in [0.05, 0.1) is 0 Å². The van der Waals surface area contributed by atoms with Crippen molar-refractivity contribution in [2.24, 2.45) is 0 Å². The molecule has 0 atom stereocenters. The molecule has 670 valence electrons. The molecular weight excluding hydrogens is 2320 g/mol. The van der Waals surface area contributed by atoms with Gasteiger partial charge in [0.15, 0.2) is 0 Å². The molecule has 18 aromatic rings. The van der Waals surface area contributed by atoms with Crippen LogP contribution in [0.2, 0.25) is 0 Å². The molecular formula is C110H114I6N16O+12. The fourth-order valence-electron chi connectivity index (χ4n) is 13.2. The van der Waals surface area contributed by atoms with Gasteiger partial charge in [0, 0.05) is 0 Å². The first-order chi connectivity index (χ1) is 64.9. The normalized spacial score (nSPS) is 11.1. The molecule has 23 heteroatoms. The minimum absolute atomic E-state index is 0.634. The maximum absolute atomic E-state index is 8.98. The van der Waals surface area contributed by atoms with Crippen LogP contribution in [0.4, 0.5) is 17.1 Å². The molecule has 0 aliphatic rings. The molecule has 12 heterocycles. The van der Waals surface area contributed by atoms with Gasteiger partial charge in [-0.1, -0.05) is 0 Å². The van der Waals surface area contributed by atoms with E-state index in [2.05, 4.69) is 528 Å². The number of nitriles is 1. The number of halogens is 6. The number of nitrogens with zero attached hydrogens (tertiary/aromatic N) is 16. The Balaban J connectivity index is 0.000000136. The van der Waals surface area contributed by atoms with Crippen LogP contribution in [0.5, 0.6) is 5.75 Å². The Morgan fingerprint density at radius 1 is 0.248 bits per heavy atom. The predicted octanol–water partition coefficient (Wildman–Crippen LogP) is 19.9. The second-order valence-electron chi connectivity index (χ2n) is 30.5. The molecule has 0 N–H and O–H groups in total. The molecule has 0 amide bonds. The van der Waals surface area contributed by atoms with Crippen molar-refractivity contribution < 1.29 is 38.1 Å². The van der Waals surface area contributed by atoms with Crippen LogP contribution in [0, 0.1) is 87.8 Å². The van der Waals surface area contributed by atoms with Crippen LogP contribution in [-0.2, 0) is 0 Å². The van der Waals surface area contributed by atoms with Gasteiger partial charge in [-0.15, -0.1) is 0 Å². The number of ether oxygens (including phenoxy) is 1. The van der Waals surface area contributed by atoms with Crippen LogP contribution >= 0.6 is 122 Å². The van der Waals surface area contributed by atoms with Crippen molar-refractivity contribution in [1.82, 2.24) is 0 Å². The summed E-state index contributed by atoms with van der Waals surface area (Å²) in [6.07, 6.45) is 51.9. The molecule has 0 aliphatic heterocycles. The van der Waals surface area contributed by atoms with Gasteiger partial charge in [-0.25, -0.2) is 0 Å². The van der Waals surface area contributed by atoms with E-state index in [4.69, 9.17) is 16.6 Å². The monoisotopic (exact) mass is 2440 g/mol. The number of rotatable bonds is 21. The summed E-state index contributed by atoms with van der Waals surface area (Å²) < 4.78 is 41.9. The molecule has 18 rings (SSSR count). The van der Waals surface area contributed by atoms with Crippen molar-refractivity contribution in [2.45, 2.75) is 48.5 Å².